The number of rotatable bonds is 4. The van der Waals surface area contributed by atoms with Gasteiger partial charge in [0.1, 0.15) is 5.75 Å². The maximum atomic E-state index is 12.0. The molecule has 20 heavy (non-hydrogen) atoms. The quantitative estimate of drug-likeness (QED) is 0.593. The van der Waals surface area contributed by atoms with Crippen molar-refractivity contribution >= 4 is 35.1 Å². The molecule has 0 saturated heterocycles. The number of halogens is 2. The Balaban J connectivity index is 2.13. The molecular weight excluding hydrogens is 295 g/mol. The first-order valence-electron chi connectivity index (χ1n) is 5.91. The molecule has 0 aromatic heterocycles. The SMILES string of the molecule is COc1ccc(C(=O)/C=C/c2ccc(Cl)c(Cl)c2)cc1. The van der Waals surface area contributed by atoms with Gasteiger partial charge in [0.05, 0.1) is 17.2 Å². The van der Waals surface area contributed by atoms with Crippen molar-refractivity contribution in [1.82, 2.24) is 0 Å². The molecule has 0 radical (unpaired) electrons. The fourth-order valence-electron chi connectivity index (χ4n) is 1.64. The molecule has 0 amide bonds. The van der Waals surface area contributed by atoms with E-state index in [1.54, 1.807) is 55.7 Å². The van der Waals surface area contributed by atoms with Gasteiger partial charge in [0.2, 0.25) is 0 Å². The summed E-state index contributed by atoms with van der Waals surface area (Å²) in [5.41, 5.74) is 1.42. The lowest BCUT2D eigenvalue weighted by atomic mass is 10.1. The minimum atomic E-state index is -0.0845. The first-order chi connectivity index (χ1) is 9.60. The van der Waals surface area contributed by atoms with E-state index in [-0.39, 0.29) is 5.78 Å². The normalized spacial score (nSPS) is 10.8. The van der Waals surface area contributed by atoms with E-state index in [1.807, 2.05) is 0 Å². The van der Waals surface area contributed by atoms with Gasteiger partial charge >= 0.3 is 0 Å². The molecule has 2 nitrogen and oxygen atoms in total. The molecule has 2 rings (SSSR count). The largest absolute Gasteiger partial charge is 0.497 e. The second kappa shape index (κ2) is 6.60. The third-order valence-electron chi connectivity index (χ3n) is 2.75. The van der Waals surface area contributed by atoms with E-state index in [0.29, 0.717) is 15.6 Å². The van der Waals surface area contributed by atoms with E-state index < -0.39 is 0 Å². The smallest absolute Gasteiger partial charge is 0.185 e. The number of carbonyl (C=O) groups is 1. The zero-order valence-corrected chi connectivity index (χ0v) is 12.3. The molecule has 4 heteroatoms. The summed E-state index contributed by atoms with van der Waals surface area (Å²) in [5.74, 6) is 0.633. The Hall–Kier alpha value is -1.77. The molecule has 2 aromatic carbocycles. The van der Waals surface area contributed by atoms with E-state index in [4.69, 9.17) is 27.9 Å². The second-order valence-electron chi connectivity index (χ2n) is 4.10. The van der Waals surface area contributed by atoms with Crippen molar-refractivity contribution in [2.24, 2.45) is 0 Å². The van der Waals surface area contributed by atoms with Crippen molar-refractivity contribution in [2.45, 2.75) is 0 Å². The lowest BCUT2D eigenvalue weighted by Gasteiger charge is -2.00. The standard InChI is InChI=1S/C16H12Cl2O2/c1-20-13-6-4-12(5-7-13)16(19)9-3-11-2-8-14(17)15(18)10-11/h2-10H,1H3/b9-3+. The first kappa shape index (κ1) is 14.6. The van der Waals surface area contributed by atoms with Crippen LogP contribution in [0.25, 0.3) is 6.08 Å². The monoisotopic (exact) mass is 306 g/mol. The molecule has 0 N–H and O–H groups in total. The molecule has 2 aromatic rings. The van der Waals surface area contributed by atoms with Crippen LogP contribution in [-0.4, -0.2) is 12.9 Å². The van der Waals surface area contributed by atoms with Crippen LogP contribution in [0.15, 0.2) is 48.5 Å². The maximum Gasteiger partial charge on any atom is 0.185 e. The minimum Gasteiger partial charge on any atom is -0.497 e. The molecule has 0 spiro atoms. The summed E-state index contributed by atoms with van der Waals surface area (Å²) in [4.78, 5) is 12.0. The number of methoxy groups -OCH3 is 1. The number of hydrogen-bond donors (Lipinski definition) is 0. The molecular formula is C16H12Cl2O2. The molecule has 0 bridgehead atoms. The van der Waals surface area contributed by atoms with Gasteiger partial charge in [0.25, 0.3) is 0 Å². The number of ketones is 1. The lowest BCUT2D eigenvalue weighted by molar-refractivity contribution is 0.104. The fraction of sp³-hybridized carbons (Fsp3) is 0.0625. The maximum absolute atomic E-state index is 12.0. The third-order valence-corrected chi connectivity index (χ3v) is 3.48. The third kappa shape index (κ3) is 3.62. The Bertz CT molecular complexity index is 646. The molecule has 0 heterocycles. The first-order valence-corrected chi connectivity index (χ1v) is 6.67. The van der Waals surface area contributed by atoms with Gasteiger partial charge in [-0.25, -0.2) is 0 Å². The minimum absolute atomic E-state index is 0.0845. The van der Waals surface area contributed by atoms with Gasteiger partial charge in [0.15, 0.2) is 5.78 Å². The highest BCUT2D eigenvalue weighted by atomic mass is 35.5. The van der Waals surface area contributed by atoms with Gasteiger partial charge in [-0.1, -0.05) is 35.3 Å². The van der Waals surface area contributed by atoms with Crippen LogP contribution in [0.5, 0.6) is 5.75 Å². The van der Waals surface area contributed by atoms with Crippen molar-refractivity contribution in [1.29, 1.82) is 0 Å². The molecule has 0 aliphatic rings. The van der Waals surface area contributed by atoms with Crippen molar-refractivity contribution < 1.29 is 9.53 Å². The highest BCUT2D eigenvalue weighted by Gasteiger charge is 2.02. The van der Waals surface area contributed by atoms with Crippen LogP contribution >= 0.6 is 23.2 Å². The molecule has 0 unspecified atom stereocenters. The number of benzene rings is 2. The van der Waals surface area contributed by atoms with E-state index in [9.17, 15) is 4.79 Å². The Labute approximate surface area is 127 Å². The van der Waals surface area contributed by atoms with Gasteiger partial charge in [0, 0.05) is 5.56 Å². The van der Waals surface area contributed by atoms with Crippen LogP contribution in [0.2, 0.25) is 10.0 Å². The molecule has 0 fully saturated rings. The summed E-state index contributed by atoms with van der Waals surface area (Å²) >= 11 is 11.7. The zero-order chi connectivity index (χ0) is 14.5. The topological polar surface area (TPSA) is 26.3 Å². The predicted molar refractivity (Wildman–Crippen MR) is 82.8 cm³/mol. The Kier molecular flexibility index (Phi) is 4.83. The summed E-state index contributed by atoms with van der Waals surface area (Å²) in [6, 6.07) is 12.1. The molecule has 0 saturated carbocycles. The Morgan fingerprint density at radius 1 is 1.05 bits per heavy atom. The van der Waals surface area contributed by atoms with Crippen molar-refractivity contribution in [2.75, 3.05) is 7.11 Å². The Morgan fingerprint density at radius 3 is 2.35 bits per heavy atom. The molecule has 0 atom stereocenters. The van der Waals surface area contributed by atoms with Crippen LogP contribution in [0.4, 0.5) is 0 Å². The van der Waals surface area contributed by atoms with E-state index in [1.165, 1.54) is 6.08 Å². The Morgan fingerprint density at radius 2 is 1.75 bits per heavy atom. The van der Waals surface area contributed by atoms with Crippen molar-refractivity contribution in [3.05, 3.63) is 69.7 Å². The average molecular weight is 307 g/mol. The van der Waals surface area contributed by atoms with Gasteiger partial charge < -0.3 is 4.74 Å². The summed E-state index contributed by atoms with van der Waals surface area (Å²) < 4.78 is 5.05. The number of carbonyl (C=O) groups excluding carboxylic acids is 1. The number of allylic oxidation sites excluding steroid dienone is 1. The summed E-state index contributed by atoms with van der Waals surface area (Å²) in [5, 5.41) is 0.955. The highest BCUT2D eigenvalue weighted by molar-refractivity contribution is 6.42. The van der Waals surface area contributed by atoms with Crippen molar-refractivity contribution in [3.8, 4) is 5.75 Å². The molecule has 102 valence electrons. The van der Waals surface area contributed by atoms with Gasteiger partial charge in [-0.15, -0.1) is 0 Å². The lowest BCUT2D eigenvalue weighted by Crippen LogP contribution is -1.94. The number of hydrogen-bond acceptors (Lipinski definition) is 2. The van der Waals surface area contributed by atoms with Gasteiger partial charge in [-0.05, 0) is 48.0 Å². The van der Waals surface area contributed by atoms with Crippen LogP contribution in [0.3, 0.4) is 0 Å². The summed E-state index contributed by atoms with van der Waals surface area (Å²) in [7, 11) is 1.58. The average Bonchev–Trinajstić information content (AvgIpc) is 2.48. The zero-order valence-electron chi connectivity index (χ0n) is 10.8. The summed E-state index contributed by atoms with van der Waals surface area (Å²) in [6.07, 6.45) is 3.20. The molecule has 0 aliphatic heterocycles. The van der Waals surface area contributed by atoms with Crippen molar-refractivity contribution in [3.63, 3.8) is 0 Å². The predicted octanol–water partition coefficient (Wildman–Crippen LogP) is 4.90. The number of ether oxygens (including phenoxy) is 1. The second-order valence-corrected chi connectivity index (χ2v) is 4.91. The fourth-order valence-corrected chi connectivity index (χ4v) is 1.95. The van der Waals surface area contributed by atoms with E-state index in [2.05, 4.69) is 0 Å². The van der Waals surface area contributed by atoms with Crippen LogP contribution in [0, 0.1) is 0 Å². The van der Waals surface area contributed by atoms with E-state index in [0.717, 1.165) is 11.3 Å². The van der Waals surface area contributed by atoms with Gasteiger partial charge in [-0.3, -0.25) is 4.79 Å². The van der Waals surface area contributed by atoms with Crippen LogP contribution in [-0.2, 0) is 0 Å². The van der Waals surface area contributed by atoms with Gasteiger partial charge in [-0.2, -0.15) is 0 Å². The summed E-state index contributed by atoms with van der Waals surface area (Å²) in [6.45, 7) is 0. The highest BCUT2D eigenvalue weighted by Crippen LogP contribution is 2.23. The van der Waals surface area contributed by atoms with Crippen LogP contribution < -0.4 is 4.74 Å². The van der Waals surface area contributed by atoms with E-state index >= 15 is 0 Å². The van der Waals surface area contributed by atoms with Crippen LogP contribution in [0.1, 0.15) is 15.9 Å². The molecule has 0 aliphatic carbocycles.